The molecular formula is C17H22ClN5OS2. The van der Waals surface area contributed by atoms with E-state index in [1.54, 1.807) is 0 Å². The van der Waals surface area contributed by atoms with Gasteiger partial charge >= 0.3 is 0 Å². The Bertz CT molecular complexity index is 748. The quantitative estimate of drug-likeness (QED) is 0.733. The molecule has 2 heterocycles. The molecule has 140 valence electrons. The maximum absolute atomic E-state index is 12.6. The van der Waals surface area contributed by atoms with E-state index in [0.717, 1.165) is 42.8 Å². The number of likely N-dealkylation sites (N-methyl/N-ethyl adjacent to an activating group) is 1. The molecule has 1 N–H and O–H groups in total. The Morgan fingerprint density at radius 3 is 2.81 bits per heavy atom. The summed E-state index contributed by atoms with van der Waals surface area (Å²) in [5.41, 5.74) is 0.864. The maximum atomic E-state index is 12.6. The minimum absolute atomic E-state index is 0.171. The molecule has 1 aromatic carbocycles. The van der Waals surface area contributed by atoms with Gasteiger partial charge in [-0.1, -0.05) is 47.7 Å². The first-order chi connectivity index (χ1) is 12.5. The highest BCUT2D eigenvalue weighted by Crippen LogP contribution is 2.31. The number of rotatable bonds is 6. The van der Waals surface area contributed by atoms with E-state index in [-0.39, 0.29) is 11.2 Å². The van der Waals surface area contributed by atoms with E-state index in [1.807, 2.05) is 36.1 Å². The van der Waals surface area contributed by atoms with Crippen LogP contribution in [0.1, 0.15) is 13.8 Å². The van der Waals surface area contributed by atoms with Crippen LogP contribution in [0.2, 0.25) is 5.02 Å². The lowest BCUT2D eigenvalue weighted by molar-refractivity contribution is -0.132. The molecule has 0 spiro atoms. The summed E-state index contributed by atoms with van der Waals surface area (Å²) in [6.45, 7) is 8.63. The van der Waals surface area contributed by atoms with Crippen LogP contribution in [0.3, 0.4) is 0 Å². The SMILES string of the molecule is CCN1CCN(C(=O)[C@H](C)Sc2nnc(Nc3cccc(Cl)c3)s2)CC1. The molecule has 1 saturated heterocycles. The Morgan fingerprint density at radius 2 is 2.12 bits per heavy atom. The molecule has 6 nitrogen and oxygen atoms in total. The van der Waals surface area contributed by atoms with Gasteiger partial charge in [0.1, 0.15) is 0 Å². The van der Waals surface area contributed by atoms with Crippen molar-refractivity contribution >= 4 is 51.4 Å². The molecule has 0 saturated carbocycles. The van der Waals surface area contributed by atoms with Crippen LogP contribution in [0.5, 0.6) is 0 Å². The minimum Gasteiger partial charge on any atom is -0.339 e. The van der Waals surface area contributed by atoms with Gasteiger partial charge in [0.05, 0.1) is 5.25 Å². The van der Waals surface area contributed by atoms with Gasteiger partial charge in [0, 0.05) is 36.9 Å². The summed E-state index contributed by atoms with van der Waals surface area (Å²) < 4.78 is 0.780. The number of benzene rings is 1. The zero-order valence-corrected chi connectivity index (χ0v) is 17.2. The summed E-state index contributed by atoms with van der Waals surface area (Å²) in [5, 5.41) is 12.7. The molecule has 3 rings (SSSR count). The average Bonchev–Trinajstić information content (AvgIpc) is 3.08. The van der Waals surface area contributed by atoms with Crippen molar-refractivity contribution in [1.29, 1.82) is 0 Å². The first-order valence-electron chi connectivity index (χ1n) is 8.59. The van der Waals surface area contributed by atoms with E-state index in [0.29, 0.717) is 10.2 Å². The number of carbonyl (C=O) groups is 1. The number of halogens is 1. The Hall–Kier alpha value is -1.35. The van der Waals surface area contributed by atoms with Crippen molar-refractivity contribution in [2.45, 2.75) is 23.4 Å². The smallest absolute Gasteiger partial charge is 0.235 e. The summed E-state index contributed by atoms with van der Waals surface area (Å²) in [6.07, 6.45) is 0. The van der Waals surface area contributed by atoms with Crippen LogP contribution >= 0.6 is 34.7 Å². The zero-order valence-electron chi connectivity index (χ0n) is 14.8. The molecule has 2 aromatic rings. The molecule has 1 amide bonds. The molecular weight excluding hydrogens is 390 g/mol. The predicted octanol–water partition coefficient (Wildman–Crippen LogP) is 3.58. The zero-order chi connectivity index (χ0) is 18.5. The molecule has 1 aromatic heterocycles. The van der Waals surface area contributed by atoms with Gasteiger partial charge in [-0.25, -0.2) is 0 Å². The number of nitrogens with one attached hydrogen (secondary N) is 1. The van der Waals surface area contributed by atoms with E-state index in [4.69, 9.17) is 11.6 Å². The highest BCUT2D eigenvalue weighted by Gasteiger charge is 2.25. The maximum Gasteiger partial charge on any atom is 0.235 e. The summed E-state index contributed by atoms with van der Waals surface area (Å²) in [4.78, 5) is 17.0. The van der Waals surface area contributed by atoms with Crippen LogP contribution in [0.15, 0.2) is 28.6 Å². The molecule has 1 atom stereocenters. The number of hydrogen-bond donors (Lipinski definition) is 1. The lowest BCUT2D eigenvalue weighted by Crippen LogP contribution is -2.50. The van der Waals surface area contributed by atoms with Crippen LogP contribution < -0.4 is 5.32 Å². The van der Waals surface area contributed by atoms with Gasteiger partial charge in [-0.05, 0) is 31.7 Å². The van der Waals surface area contributed by atoms with Crippen molar-refractivity contribution in [2.75, 3.05) is 38.0 Å². The van der Waals surface area contributed by atoms with E-state index >= 15 is 0 Å². The van der Waals surface area contributed by atoms with E-state index in [1.165, 1.54) is 23.1 Å². The van der Waals surface area contributed by atoms with Crippen LogP contribution in [-0.2, 0) is 4.79 Å². The summed E-state index contributed by atoms with van der Waals surface area (Å²) in [6, 6.07) is 7.45. The fourth-order valence-electron chi connectivity index (χ4n) is 2.74. The molecule has 0 bridgehead atoms. The van der Waals surface area contributed by atoms with Crippen molar-refractivity contribution in [2.24, 2.45) is 0 Å². The molecule has 1 aliphatic heterocycles. The molecule has 0 unspecified atom stereocenters. The van der Waals surface area contributed by atoms with E-state index in [2.05, 4.69) is 27.3 Å². The van der Waals surface area contributed by atoms with Gasteiger partial charge in [-0.15, -0.1) is 10.2 Å². The molecule has 0 radical (unpaired) electrons. The molecule has 1 aliphatic rings. The fraction of sp³-hybridized carbons (Fsp3) is 0.471. The van der Waals surface area contributed by atoms with Gasteiger partial charge < -0.3 is 15.1 Å². The highest BCUT2D eigenvalue weighted by atomic mass is 35.5. The van der Waals surface area contributed by atoms with Crippen molar-refractivity contribution in [3.63, 3.8) is 0 Å². The molecule has 9 heteroatoms. The normalized spacial score (nSPS) is 16.5. The lowest BCUT2D eigenvalue weighted by atomic mass is 10.3. The number of anilines is 2. The number of piperazine rings is 1. The highest BCUT2D eigenvalue weighted by molar-refractivity contribution is 8.02. The largest absolute Gasteiger partial charge is 0.339 e. The molecule has 0 aliphatic carbocycles. The van der Waals surface area contributed by atoms with E-state index in [9.17, 15) is 4.79 Å². The molecule has 1 fully saturated rings. The Balaban J connectivity index is 1.54. The van der Waals surface area contributed by atoms with Gasteiger partial charge in [-0.3, -0.25) is 4.79 Å². The standard InChI is InChI=1S/C17H22ClN5OS2/c1-3-22-7-9-23(10-8-22)15(24)12(2)25-17-21-20-16(26-17)19-14-6-4-5-13(18)11-14/h4-6,11-12H,3,7-10H2,1-2H3,(H,19,20)/t12-/m0/s1. The number of hydrogen-bond acceptors (Lipinski definition) is 7. The van der Waals surface area contributed by atoms with Crippen molar-refractivity contribution in [3.05, 3.63) is 29.3 Å². The second-order valence-electron chi connectivity index (χ2n) is 6.03. The number of nitrogens with zero attached hydrogens (tertiary/aromatic N) is 4. The minimum atomic E-state index is -0.171. The van der Waals surface area contributed by atoms with Gasteiger partial charge in [0.25, 0.3) is 0 Å². The summed E-state index contributed by atoms with van der Waals surface area (Å²) in [7, 11) is 0. The number of amides is 1. The second-order valence-corrected chi connectivity index (χ2v) is 9.03. The third-order valence-corrected chi connectivity index (χ3v) is 6.48. The van der Waals surface area contributed by atoms with Crippen LogP contribution in [-0.4, -0.2) is 63.9 Å². The number of aromatic nitrogens is 2. The average molecular weight is 412 g/mol. The van der Waals surface area contributed by atoms with Crippen molar-refractivity contribution < 1.29 is 4.79 Å². The monoisotopic (exact) mass is 411 g/mol. The Kier molecular flexibility index (Phi) is 6.74. The Labute approximate surface area is 166 Å². The second kappa shape index (κ2) is 9.03. The number of thioether (sulfide) groups is 1. The predicted molar refractivity (Wildman–Crippen MR) is 109 cm³/mol. The summed E-state index contributed by atoms with van der Waals surface area (Å²) in [5.74, 6) is 0.172. The summed E-state index contributed by atoms with van der Waals surface area (Å²) >= 11 is 8.89. The third-order valence-electron chi connectivity index (χ3n) is 4.24. The van der Waals surface area contributed by atoms with Gasteiger partial charge in [-0.2, -0.15) is 0 Å². The first kappa shape index (κ1) is 19.4. The Morgan fingerprint density at radius 1 is 1.35 bits per heavy atom. The third kappa shape index (κ3) is 5.09. The topological polar surface area (TPSA) is 61.4 Å². The van der Waals surface area contributed by atoms with Crippen molar-refractivity contribution in [1.82, 2.24) is 20.0 Å². The van der Waals surface area contributed by atoms with Crippen molar-refractivity contribution in [3.8, 4) is 0 Å². The van der Waals surface area contributed by atoms with Crippen LogP contribution in [0.25, 0.3) is 0 Å². The van der Waals surface area contributed by atoms with Gasteiger partial charge in [0.2, 0.25) is 11.0 Å². The first-order valence-corrected chi connectivity index (χ1v) is 10.7. The lowest BCUT2D eigenvalue weighted by Gasteiger charge is -2.35. The molecule has 26 heavy (non-hydrogen) atoms. The number of carbonyl (C=O) groups excluding carboxylic acids is 1. The fourth-order valence-corrected chi connectivity index (χ4v) is 4.93. The van der Waals surface area contributed by atoms with Gasteiger partial charge in [0.15, 0.2) is 4.34 Å². The van der Waals surface area contributed by atoms with Crippen LogP contribution in [0.4, 0.5) is 10.8 Å². The van der Waals surface area contributed by atoms with Crippen LogP contribution in [0, 0.1) is 0 Å². The van der Waals surface area contributed by atoms with E-state index < -0.39 is 0 Å².